The van der Waals surface area contributed by atoms with E-state index in [1.807, 2.05) is 16.2 Å². The van der Waals surface area contributed by atoms with E-state index < -0.39 is 0 Å². The Balaban J connectivity index is 3.05. The molecule has 1 N–H and O–H groups in total. The topological polar surface area (TPSA) is 29.5 Å². The van der Waals surface area contributed by atoms with E-state index in [-0.39, 0.29) is 5.75 Å². The van der Waals surface area contributed by atoms with Gasteiger partial charge >= 0.3 is 0 Å². The molecule has 0 saturated heterocycles. The molecule has 0 atom stereocenters. The molecule has 1 aromatic rings. The van der Waals surface area contributed by atoms with Crippen LogP contribution in [0, 0.1) is 0 Å². The van der Waals surface area contributed by atoms with Gasteiger partial charge in [0, 0.05) is 0 Å². The van der Waals surface area contributed by atoms with Crippen molar-refractivity contribution in [3.05, 3.63) is 27.8 Å². The van der Waals surface area contributed by atoms with Crippen molar-refractivity contribution in [3.8, 4) is 11.5 Å². The van der Waals surface area contributed by atoms with Crippen LogP contribution in [-0.2, 0) is 0 Å². The molecule has 3 heteroatoms. The second kappa shape index (κ2) is 4.35. The van der Waals surface area contributed by atoms with Crippen LogP contribution in [0.3, 0.4) is 0 Å². The largest absolute Gasteiger partial charge is 0.504 e. The molecule has 1 aromatic carbocycles. The van der Waals surface area contributed by atoms with Gasteiger partial charge in [0.2, 0.25) is 0 Å². The molecule has 0 bridgehead atoms. The van der Waals surface area contributed by atoms with Crippen LogP contribution in [0.15, 0.2) is 22.3 Å². The van der Waals surface area contributed by atoms with Crippen molar-refractivity contribution in [2.24, 2.45) is 0 Å². The van der Waals surface area contributed by atoms with Crippen molar-refractivity contribution in [3.63, 3.8) is 0 Å². The molecule has 0 radical (unpaired) electrons. The Morgan fingerprint density at radius 3 is 2.83 bits per heavy atom. The first-order valence-electron chi connectivity index (χ1n) is 3.41. The van der Waals surface area contributed by atoms with Crippen molar-refractivity contribution < 1.29 is 9.84 Å². The minimum atomic E-state index is 0.170. The average Bonchev–Trinajstić information content (AvgIpc) is 2.09. The smallest absolute Gasteiger partial charge is 0.161 e. The summed E-state index contributed by atoms with van der Waals surface area (Å²) in [5, 5.41) is 9.25. The van der Waals surface area contributed by atoms with E-state index >= 15 is 0 Å². The maximum absolute atomic E-state index is 9.25. The first-order valence-corrected chi connectivity index (χ1v) is 4.66. The number of rotatable bonds is 2. The Hall–Kier alpha value is -0.710. The molecular formula is C9H9IO2. The van der Waals surface area contributed by atoms with Gasteiger partial charge < -0.3 is 9.84 Å². The number of hydrogen-bond acceptors (Lipinski definition) is 2. The van der Waals surface area contributed by atoms with Crippen molar-refractivity contribution in [1.82, 2.24) is 0 Å². The van der Waals surface area contributed by atoms with Gasteiger partial charge in [-0.1, -0.05) is 28.7 Å². The highest BCUT2D eigenvalue weighted by molar-refractivity contribution is 14.1. The van der Waals surface area contributed by atoms with Crippen molar-refractivity contribution >= 4 is 28.7 Å². The third kappa shape index (κ3) is 2.14. The molecule has 0 amide bonds. The van der Waals surface area contributed by atoms with Gasteiger partial charge in [-0.25, -0.2) is 0 Å². The first kappa shape index (κ1) is 9.38. The minimum absolute atomic E-state index is 0.170. The van der Waals surface area contributed by atoms with E-state index in [0.29, 0.717) is 5.75 Å². The molecule has 0 aliphatic rings. The monoisotopic (exact) mass is 276 g/mol. The predicted octanol–water partition coefficient (Wildman–Crippen LogP) is 2.81. The van der Waals surface area contributed by atoms with Crippen LogP contribution in [0.25, 0.3) is 6.08 Å². The van der Waals surface area contributed by atoms with E-state index in [1.54, 1.807) is 12.1 Å². The fraction of sp³-hybridized carbons (Fsp3) is 0.111. The number of ether oxygens (including phenoxy) is 1. The van der Waals surface area contributed by atoms with E-state index in [4.69, 9.17) is 4.74 Å². The number of phenols is 1. The van der Waals surface area contributed by atoms with E-state index in [9.17, 15) is 5.11 Å². The molecule has 0 heterocycles. The highest BCUT2D eigenvalue weighted by Gasteiger charge is 1.99. The molecule has 0 spiro atoms. The van der Waals surface area contributed by atoms with Gasteiger partial charge in [-0.05, 0) is 27.9 Å². The van der Waals surface area contributed by atoms with Gasteiger partial charge in [-0.15, -0.1) is 0 Å². The standard InChI is InChI=1S/C9H9IO2/c1-12-9-6-7(4-5-10)2-3-8(9)11/h2-6,11H,1H3/b5-4+. The number of phenolic OH excluding ortho intramolecular Hbond substituents is 1. The summed E-state index contributed by atoms with van der Waals surface area (Å²) in [5.74, 6) is 0.671. The maximum Gasteiger partial charge on any atom is 0.161 e. The second-order valence-corrected chi connectivity index (χ2v) is 2.94. The van der Waals surface area contributed by atoms with Gasteiger partial charge in [-0.2, -0.15) is 0 Å². The fourth-order valence-electron chi connectivity index (χ4n) is 0.871. The van der Waals surface area contributed by atoms with Crippen LogP contribution in [-0.4, -0.2) is 12.2 Å². The molecule has 1 rings (SSSR count). The van der Waals surface area contributed by atoms with Crippen LogP contribution in [0.5, 0.6) is 11.5 Å². The average molecular weight is 276 g/mol. The number of hydrogen-bond donors (Lipinski definition) is 1. The third-order valence-corrected chi connectivity index (χ3v) is 1.82. The summed E-state index contributed by atoms with van der Waals surface area (Å²) >= 11 is 2.14. The highest BCUT2D eigenvalue weighted by Crippen LogP contribution is 2.26. The Bertz CT molecular complexity index is 295. The first-order chi connectivity index (χ1) is 5.77. The number of halogens is 1. The lowest BCUT2D eigenvalue weighted by molar-refractivity contribution is 0.373. The number of benzene rings is 1. The van der Waals surface area contributed by atoms with Crippen LogP contribution < -0.4 is 4.74 Å². The quantitative estimate of drug-likeness (QED) is 0.842. The summed E-state index contributed by atoms with van der Waals surface area (Å²) in [6, 6.07) is 5.22. The van der Waals surface area contributed by atoms with Crippen LogP contribution in [0.1, 0.15) is 5.56 Å². The lowest BCUT2D eigenvalue weighted by Gasteiger charge is -2.02. The van der Waals surface area contributed by atoms with Crippen molar-refractivity contribution in [1.29, 1.82) is 0 Å². The SMILES string of the molecule is COc1cc(/C=C/I)ccc1O. The van der Waals surface area contributed by atoms with E-state index in [1.165, 1.54) is 7.11 Å². The summed E-state index contributed by atoms with van der Waals surface area (Å²) in [4.78, 5) is 0. The highest BCUT2D eigenvalue weighted by atomic mass is 127. The molecule has 64 valence electrons. The summed E-state index contributed by atoms with van der Waals surface area (Å²) in [7, 11) is 1.53. The Labute approximate surface area is 85.0 Å². The molecule has 0 aliphatic heterocycles. The number of aromatic hydroxyl groups is 1. The number of methoxy groups -OCH3 is 1. The Kier molecular flexibility index (Phi) is 3.40. The zero-order valence-electron chi connectivity index (χ0n) is 6.62. The molecule has 0 fully saturated rings. The molecule has 12 heavy (non-hydrogen) atoms. The minimum Gasteiger partial charge on any atom is -0.504 e. The lowest BCUT2D eigenvalue weighted by Crippen LogP contribution is -1.83. The van der Waals surface area contributed by atoms with Gasteiger partial charge in [0.05, 0.1) is 7.11 Å². The molecule has 0 aliphatic carbocycles. The fourth-order valence-corrected chi connectivity index (χ4v) is 1.29. The zero-order chi connectivity index (χ0) is 8.97. The van der Waals surface area contributed by atoms with Crippen molar-refractivity contribution in [2.75, 3.05) is 7.11 Å². The molecule has 2 nitrogen and oxygen atoms in total. The Morgan fingerprint density at radius 1 is 1.50 bits per heavy atom. The molecule has 0 unspecified atom stereocenters. The molecular weight excluding hydrogens is 267 g/mol. The van der Waals surface area contributed by atoms with Gasteiger partial charge in [0.25, 0.3) is 0 Å². The van der Waals surface area contributed by atoms with Crippen molar-refractivity contribution in [2.45, 2.75) is 0 Å². The Morgan fingerprint density at radius 2 is 2.25 bits per heavy atom. The maximum atomic E-state index is 9.25. The zero-order valence-corrected chi connectivity index (χ0v) is 8.78. The summed E-state index contributed by atoms with van der Waals surface area (Å²) in [5.41, 5.74) is 1.01. The van der Waals surface area contributed by atoms with Gasteiger partial charge in [0.15, 0.2) is 11.5 Å². The summed E-state index contributed by atoms with van der Waals surface area (Å²) in [6.07, 6.45) is 1.93. The predicted molar refractivity (Wildman–Crippen MR) is 57.7 cm³/mol. The van der Waals surface area contributed by atoms with Crippen LogP contribution in [0.2, 0.25) is 0 Å². The van der Waals surface area contributed by atoms with E-state index in [2.05, 4.69) is 22.6 Å². The molecule has 0 saturated carbocycles. The van der Waals surface area contributed by atoms with Gasteiger partial charge in [-0.3, -0.25) is 0 Å². The van der Waals surface area contributed by atoms with Gasteiger partial charge in [0.1, 0.15) is 0 Å². The summed E-state index contributed by atoms with van der Waals surface area (Å²) < 4.78 is 6.85. The van der Waals surface area contributed by atoms with Crippen LogP contribution >= 0.6 is 22.6 Å². The van der Waals surface area contributed by atoms with E-state index in [0.717, 1.165) is 5.56 Å². The van der Waals surface area contributed by atoms with Crippen LogP contribution in [0.4, 0.5) is 0 Å². The normalized spacial score (nSPS) is 10.5. The lowest BCUT2D eigenvalue weighted by atomic mass is 10.2. The second-order valence-electron chi connectivity index (χ2n) is 2.22. The summed E-state index contributed by atoms with van der Waals surface area (Å²) in [6.45, 7) is 0. The third-order valence-electron chi connectivity index (χ3n) is 1.46. The molecule has 0 aromatic heterocycles.